The number of esters is 1. The largest absolute Gasteiger partial charge is 0.465 e. The second-order valence-corrected chi connectivity index (χ2v) is 3.15. The molecule has 0 aromatic heterocycles. The van der Waals surface area contributed by atoms with Crippen LogP contribution in [0.4, 0.5) is 8.78 Å². The summed E-state index contributed by atoms with van der Waals surface area (Å²) < 4.78 is 32.9. The van der Waals surface area contributed by atoms with E-state index in [1.165, 1.54) is 6.07 Å². The summed E-state index contributed by atoms with van der Waals surface area (Å²) in [6, 6.07) is 3.79. The van der Waals surface area contributed by atoms with E-state index in [4.69, 9.17) is 10.4 Å². The highest BCUT2D eigenvalue weighted by Crippen LogP contribution is 2.26. The van der Waals surface area contributed by atoms with Gasteiger partial charge in [-0.15, -0.1) is 0 Å². The molecule has 0 saturated carbocycles. The molecule has 1 aromatic rings. The van der Waals surface area contributed by atoms with Crippen molar-refractivity contribution in [3.63, 3.8) is 0 Å². The molecule has 0 amide bonds. The molecule has 0 aliphatic rings. The molecule has 0 bridgehead atoms. The number of nitrogens with zero attached hydrogens (tertiary/aromatic N) is 1. The molecule has 0 spiro atoms. The van der Waals surface area contributed by atoms with Crippen LogP contribution in [0.5, 0.6) is 5.75 Å². The number of aliphatic hydroxyl groups excluding tert-OH is 1. The van der Waals surface area contributed by atoms with E-state index in [1.54, 1.807) is 6.07 Å². The number of rotatable bonds is 4. The summed E-state index contributed by atoms with van der Waals surface area (Å²) in [5, 5.41) is 17.9. The van der Waals surface area contributed by atoms with Gasteiger partial charge in [-0.3, -0.25) is 0 Å². The van der Waals surface area contributed by atoms with Crippen molar-refractivity contribution in [1.29, 1.82) is 5.26 Å². The standard InChI is InChI=1S/C11H9F2NO4/c1-17-10(16)6-2-7(5-15)8(4-14)9(3-6)18-11(12)13/h2-3,11,15H,5H2,1H3. The lowest BCUT2D eigenvalue weighted by atomic mass is 10.0. The molecule has 1 N–H and O–H groups in total. The minimum atomic E-state index is -3.14. The first-order valence-electron chi connectivity index (χ1n) is 4.74. The van der Waals surface area contributed by atoms with Crippen LogP contribution >= 0.6 is 0 Å². The van der Waals surface area contributed by atoms with Crippen LogP contribution in [-0.4, -0.2) is 24.8 Å². The number of ether oxygens (including phenoxy) is 2. The van der Waals surface area contributed by atoms with E-state index in [1.807, 2.05) is 0 Å². The van der Waals surface area contributed by atoms with Crippen molar-refractivity contribution >= 4 is 5.97 Å². The molecule has 0 aliphatic carbocycles. The predicted molar refractivity (Wildman–Crippen MR) is 55.1 cm³/mol. The molecule has 0 saturated heterocycles. The molecular weight excluding hydrogens is 248 g/mol. The molecule has 0 heterocycles. The predicted octanol–water partition coefficient (Wildman–Crippen LogP) is 1.44. The Labute approximate surface area is 101 Å². The van der Waals surface area contributed by atoms with Crippen molar-refractivity contribution in [2.75, 3.05) is 7.11 Å². The van der Waals surface area contributed by atoms with Crippen molar-refractivity contribution in [1.82, 2.24) is 0 Å². The highest BCUT2D eigenvalue weighted by Gasteiger charge is 2.18. The smallest absolute Gasteiger partial charge is 0.387 e. The summed E-state index contributed by atoms with van der Waals surface area (Å²) in [6.07, 6.45) is 0. The van der Waals surface area contributed by atoms with Crippen LogP contribution in [0, 0.1) is 11.3 Å². The van der Waals surface area contributed by atoms with Crippen LogP contribution in [0.1, 0.15) is 21.5 Å². The highest BCUT2D eigenvalue weighted by atomic mass is 19.3. The van der Waals surface area contributed by atoms with E-state index in [0.29, 0.717) is 0 Å². The van der Waals surface area contributed by atoms with Crippen molar-refractivity contribution in [2.45, 2.75) is 13.2 Å². The minimum absolute atomic E-state index is 0.0102. The molecule has 0 unspecified atom stereocenters. The number of benzene rings is 1. The van der Waals surface area contributed by atoms with Crippen molar-refractivity contribution in [3.05, 3.63) is 28.8 Å². The van der Waals surface area contributed by atoms with Crippen LogP contribution in [0.2, 0.25) is 0 Å². The Balaban J connectivity index is 3.36. The first-order chi connectivity index (χ1) is 8.53. The fourth-order valence-electron chi connectivity index (χ4n) is 1.35. The van der Waals surface area contributed by atoms with E-state index in [-0.39, 0.29) is 16.7 Å². The molecule has 1 rings (SSSR count). The molecule has 7 heteroatoms. The van der Waals surface area contributed by atoms with Gasteiger partial charge in [0.15, 0.2) is 0 Å². The first kappa shape index (κ1) is 13.9. The van der Waals surface area contributed by atoms with Gasteiger partial charge in [-0.2, -0.15) is 14.0 Å². The fraction of sp³-hybridized carbons (Fsp3) is 0.273. The number of methoxy groups -OCH3 is 1. The number of halogens is 2. The Morgan fingerprint density at radius 2 is 2.22 bits per heavy atom. The van der Waals surface area contributed by atoms with E-state index in [9.17, 15) is 13.6 Å². The summed E-state index contributed by atoms with van der Waals surface area (Å²) in [7, 11) is 1.12. The van der Waals surface area contributed by atoms with Crippen molar-refractivity contribution in [2.24, 2.45) is 0 Å². The maximum atomic E-state index is 12.2. The molecule has 5 nitrogen and oxygen atoms in total. The first-order valence-corrected chi connectivity index (χ1v) is 4.74. The summed E-state index contributed by atoms with van der Waals surface area (Å²) in [6.45, 7) is -3.73. The second kappa shape index (κ2) is 5.93. The molecule has 0 aliphatic heterocycles. The number of hydrogen-bond donors (Lipinski definition) is 1. The van der Waals surface area contributed by atoms with Gasteiger partial charge in [0.1, 0.15) is 11.8 Å². The Morgan fingerprint density at radius 3 is 2.67 bits per heavy atom. The second-order valence-electron chi connectivity index (χ2n) is 3.15. The summed E-state index contributed by atoms with van der Waals surface area (Å²) in [5.74, 6) is -1.26. The van der Waals surface area contributed by atoms with Gasteiger partial charge in [0.25, 0.3) is 0 Å². The van der Waals surface area contributed by atoms with Crippen LogP contribution in [0.3, 0.4) is 0 Å². The monoisotopic (exact) mass is 257 g/mol. The third kappa shape index (κ3) is 2.93. The zero-order valence-corrected chi connectivity index (χ0v) is 9.31. The van der Waals surface area contributed by atoms with Crippen molar-refractivity contribution in [3.8, 4) is 11.8 Å². The van der Waals surface area contributed by atoms with Gasteiger partial charge in [-0.25, -0.2) is 4.79 Å². The molecule has 96 valence electrons. The number of carbonyl (C=O) groups is 1. The minimum Gasteiger partial charge on any atom is -0.465 e. The lowest BCUT2D eigenvalue weighted by Crippen LogP contribution is -2.09. The molecule has 0 atom stereocenters. The average Bonchev–Trinajstić information content (AvgIpc) is 2.35. The summed E-state index contributed by atoms with van der Waals surface area (Å²) in [5.41, 5.74) is -0.322. The topological polar surface area (TPSA) is 79.5 Å². The molecule has 0 radical (unpaired) electrons. The number of alkyl halides is 2. The Kier molecular flexibility index (Phi) is 4.57. The Bertz CT molecular complexity index is 497. The lowest BCUT2D eigenvalue weighted by molar-refractivity contribution is -0.0502. The SMILES string of the molecule is COC(=O)c1cc(CO)c(C#N)c(OC(F)F)c1. The zero-order chi connectivity index (χ0) is 13.7. The maximum Gasteiger partial charge on any atom is 0.387 e. The normalized spacial score (nSPS) is 10.0. The van der Waals surface area contributed by atoms with E-state index in [0.717, 1.165) is 13.2 Å². The number of aliphatic hydroxyl groups is 1. The highest BCUT2D eigenvalue weighted by molar-refractivity contribution is 5.90. The summed E-state index contributed by atoms with van der Waals surface area (Å²) >= 11 is 0. The number of nitriles is 1. The van der Waals surface area contributed by atoms with Gasteiger partial charge in [-0.1, -0.05) is 0 Å². The number of carbonyl (C=O) groups excluding carboxylic acids is 1. The molecular formula is C11H9F2NO4. The Hall–Kier alpha value is -2.20. The van der Waals surface area contributed by atoms with Crippen LogP contribution in [0.25, 0.3) is 0 Å². The van der Waals surface area contributed by atoms with E-state index >= 15 is 0 Å². The lowest BCUT2D eigenvalue weighted by Gasteiger charge is -2.11. The van der Waals surface area contributed by atoms with Crippen LogP contribution in [0.15, 0.2) is 12.1 Å². The van der Waals surface area contributed by atoms with Gasteiger partial charge in [0.2, 0.25) is 0 Å². The number of hydrogen-bond acceptors (Lipinski definition) is 5. The molecule has 18 heavy (non-hydrogen) atoms. The molecule has 1 aromatic carbocycles. The fourth-order valence-corrected chi connectivity index (χ4v) is 1.35. The van der Waals surface area contributed by atoms with Crippen LogP contribution in [-0.2, 0) is 11.3 Å². The van der Waals surface area contributed by atoms with E-state index in [2.05, 4.69) is 9.47 Å². The van der Waals surface area contributed by atoms with Gasteiger partial charge in [0, 0.05) is 0 Å². The Morgan fingerprint density at radius 1 is 1.56 bits per heavy atom. The van der Waals surface area contributed by atoms with Crippen molar-refractivity contribution < 1.29 is 28.2 Å². The third-order valence-corrected chi connectivity index (χ3v) is 2.10. The maximum absolute atomic E-state index is 12.2. The summed E-state index contributed by atoms with van der Waals surface area (Å²) in [4.78, 5) is 11.3. The van der Waals surface area contributed by atoms with Gasteiger partial charge in [0.05, 0.1) is 24.8 Å². The van der Waals surface area contributed by atoms with Gasteiger partial charge < -0.3 is 14.6 Å². The van der Waals surface area contributed by atoms with Crippen LogP contribution < -0.4 is 4.74 Å². The van der Waals surface area contributed by atoms with Gasteiger partial charge in [-0.05, 0) is 17.7 Å². The third-order valence-electron chi connectivity index (χ3n) is 2.10. The van der Waals surface area contributed by atoms with Gasteiger partial charge >= 0.3 is 12.6 Å². The zero-order valence-electron chi connectivity index (χ0n) is 9.31. The quantitative estimate of drug-likeness (QED) is 0.825. The molecule has 0 fully saturated rings. The average molecular weight is 257 g/mol. The van der Waals surface area contributed by atoms with E-state index < -0.39 is 24.9 Å².